The van der Waals surface area contributed by atoms with E-state index in [-0.39, 0.29) is 0 Å². The Morgan fingerprint density at radius 2 is 1.71 bits per heavy atom. The summed E-state index contributed by atoms with van der Waals surface area (Å²) in [7, 11) is 1.36. The van der Waals surface area contributed by atoms with Gasteiger partial charge in [-0.05, 0) is 42.7 Å². The third-order valence-corrected chi connectivity index (χ3v) is 4.11. The van der Waals surface area contributed by atoms with E-state index in [4.69, 9.17) is 4.74 Å². The van der Waals surface area contributed by atoms with E-state index in [2.05, 4.69) is 15.0 Å². The maximum absolute atomic E-state index is 11.7. The number of hydrogen-bond acceptors (Lipinski definition) is 6. The molecule has 3 aromatic rings. The Labute approximate surface area is 144 Å². The number of aromatic nitrogens is 3. The second-order valence-corrected chi connectivity index (χ2v) is 5.79. The molecule has 3 heterocycles. The summed E-state index contributed by atoms with van der Waals surface area (Å²) in [5.74, 6) is -0.398. The molecule has 3 rings (SSSR count). The average molecular weight is 337 g/mol. The first kappa shape index (κ1) is 16.1. The maximum Gasteiger partial charge on any atom is 0.337 e. The molecule has 0 aliphatic heterocycles. The highest BCUT2D eigenvalue weighted by Gasteiger charge is 2.11. The van der Waals surface area contributed by atoms with Crippen LogP contribution in [0.5, 0.6) is 0 Å². The standard InChI is InChI=1S/C18H15N3O2S/c1-23-18(22)12-6-8-20-15(9-12)17-11-13(24-2)10-16(21-17)14-5-3-4-7-19-14/h3-11H,1-2H3. The normalized spacial score (nSPS) is 10.4. The van der Waals surface area contributed by atoms with E-state index in [0.29, 0.717) is 17.0 Å². The molecule has 0 aromatic carbocycles. The Balaban J connectivity index is 2.10. The zero-order valence-electron chi connectivity index (χ0n) is 13.3. The molecular weight excluding hydrogens is 322 g/mol. The van der Waals surface area contributed by atoms with Gasteiger partial charge in [-0.1, -0.05) is 6.07 Å². The molecule has 0 aliphatic carbocycles. The van der Waals surface area contributed by atoms with Gasteiger partial charge in [-0.2, -0.15) is 0 Å². The van der Waals surface area contributed by atoms with Gasteiger partial charge in [0, 0.05) is 17.3 Å². The van der Waals surface area contributed by atoms with Crippen LogP contribution in [0.1, 0.15) is 10.4 Å². The van der Waals surface area contributed by atoms with E-state index in [1.807, 2.05) is 36.6 Å². The minimum Gasteiger partial charge on any atom is -0.465 e. The summed E-state index contributed by atoms with van der Waals surface area (Å²) in [5.41, 5.74) is 3.30. The molecule has 0 unspecified atom stereocenters. The lowest BCUT2D eigenvalue weighted by Gasteiger charge is -2.08. The summed E-state index contributed by atoms with van der Waals surface area (Å²) < 4.78 is 4.76. The van der Waals surface area contributed by atoms with E-state index in [1.54, 1.807) is 36.3 Å². The number of ether oxygens (including phenoxy) is 1. The summed E-state index contributed by atoms with van der Waals surface area (Å²) in [6.07, 6.45) is 5.31. The first-order chi connectivity index (χ1) is 11.7. The molecule has 0 saturated heterocycles. The van der Waals surface area contributed by atoms with Gasteiger partial charge in [0.05, 0.1) is 35.4 Å². The van der Waals surface area contributed by atoms with E-state index in [1.165, 1.54) is 7.11 Å². The van der Waals surface area contributed by atoms with Gasteiger partial charge in [0.2, 0.25) is 0 Å². The summed E-state index contributed by atoms with van der Waals surface area (Å²) in [6.45, 7) is 0. The molecule has 120 valence electrons. The van der Waals surface area contributed by atoms with Crippen molar-refractivity contribution in [1.29, 1.82) is 0 Å². The van der Waals surface area contributed by atoms with Gasteiger partial charge in [0.25, 0.3) is 0 Å². The summed E-state index contributed by atoms with van der Waals surface area (Å²) in [5, 5.41) is 0. The van der Waals surface area contributed by atoms with Crippen molar-refractivity contribution in [3.8, 4) is 22.8 Å². The predicted octanol–water partition coefficient (Wildman–Crippen LogP) is 3.71. The molecule has 0 atom stereocenters. The Morgan fingerprint density at radius 1 is 0.958 bits per heavy atom. The van der Waals surface area contributed by atoms with Crippen molar-refractivity contribution >= 4 is 17.7 Å². The number of carbonyl (C=O) groups is 1. The van der Waals surface area contributed by atoms with Crippen molar-refractivity contribution in [2.24, 2.45) is 0 Å². The van der Waals surface area contributed by atoms with Gasteiger partial charge in [-0.25, -0.2) is 9.78 Å². The van der Waals surface area contributed by atoms with E-state index in [0.717, 1.165) is 16.3 Å². The molecule has 5 nitrogen and oxygen atoms in total. The van der Waals surface area contributed by atoms with E-state index in [9.17, 15) is 4.79 Å². The number of esters is 1. The lowest BCUT2D eigenvalue weighted by atomic mass is 10.1. The molecule has 0 bridgehead atoms. The predicted molar refractivity (Wildman–Crippen MR) is 93.8 cm³/mol. The monoisotopic (exact) mass is 337 g/mol. The fourth-order valence-electron chi connectivity index (χ4n) is 2.22. The number of carbonyl (C=O) groups excluding carboxylic acids is 1. The second kappa shape index (κ2) is 7.23. The number of hydrogen-bond donors (Lipinski definition) is 0. The topological polar surface area (TPSA) is 65.0 Å². The highest BCUT2D eigenvalue weighted by molar-refractivity contribution is 7.98. The molecule has 0 N–H and O–H groups in total. The number of nitrogens with zero attached hydrogens (tertiary/aromatic N) is 3. The Bertz CT molecular complexity index is 869. The Kier molecular flexibility index (Phi) is 4.86. The minimum absolute atomic E-state index is 0.398. The van der Waals surface area contributed by atoms with Crippen LogP contribution in [0.3, 0.4) is 0 Å². The largest absolute Gasteiger partial charge is 0.465 e. The molecule has 0 fully saturated rings. The third-order valence-electron chi connectivity index (χ3n) is 3.41. The zero-order chi connectivity index (χ0) is 16.9. The lowest BCUT2D eigenvalue weighted by Crippen LogP contribution is -2.02. The highest BCUT2D eigenvalue weighted by Crippen LogP contribution is 2.27. The van der Waals surface area contributed by atoms with E-state index >= 15 is 0 Å². The quantitative estimate of drug-likeness (QED) is 0.534. The van der Waals surface area contributed by atoms with Crippen LogP contribution in [0.25, 0.3) is 22.8 Å². The summed E-state index contributed by atoms with van der Waals surface area (Å²) in [4.78, 5) is 26.1. The Hall–Kier alpha value is -2.73. The van der Waals surface area contributed by atoms with Crippen LogP contribution in [0.4, 0.5) is 0 Å². The molecule has 6 heteroatoms. The molecule has 0 aliphatic rings. The smallest absolute Gasteiger partial charge is 0.337 e. The van der Waals surface area contributed by atoms with Crippen LogP contribution in [-0.4, -0.2) is 34.3 Å². The van der Waals surface area contributed by atoms with Crippen molar-refractivity contribution in [1.82, 2.24) is 15.0 Å². The van der Waals surface area contributed by atoms with Gasteiger partial charge in [0.15, 0.2) is 0 Å². The first-order valence-corrected chi connectivity index (χ1v) is 8.46. The molecule has 0 radical (unpaired) electrons. The van der Waals surface area contributed by atoms with Gasteiger partial charge in [-0.3, -0.25) is 9.97 Å². The number of methoxy groups -OCH3 is 1. The van der Waals surface area contributed by atoms with Crippen molar-refractivity contribution in [3.63, 3.8) is 0 Å². The van der Waals surface area contributed by atoms with Crippen LogP contribution < -0.4 is 0 Å². The van der Waals surface area contributed by atoms with Crippen molar-refractivity contribution < 1.29 is 9.53 Å². The fourth-order valence-corrected chi connectivity index (χ4v) is 2.67. The molecule has 3 aromatic heterocycles. The van der Waals surface area contributed by atoms with Gasteiger partial charge in [0.1, 0.15) is 0 Å². The van der Waals surface area contributed by atoms with Crippen LogP contribution >= 0.6 is 11.8 Å². The maximum atomic E-state index is 11.7. The van der Waals surface area contributed by atoms with Gasteiger partial charge < -0.3 is 4.74 Å². The highest BCUT2D eigenvalue weighted by atomic mass is 32.2. The lowest BCUT2D eigenvalue weighted by molar-refractivity contribution is 0.0600. The van der Waals surface area contributed by atoms with E-state index < -0.39 is 5.97 Å². The van der Waals surface area contributed by atoms with Crippen LogP contribution in [0.2, 0.25) is 0 Å². The first-order valence-electron chi connectivity index (χ1n) is 7.23. The van der Waals surface area contributed by atoms with Crippen molar-refractivity contribution in [2.75, 3.05) is 13.4 Å². The zero-order valence-corrected chi connectivity index (χ0v) is 14.1. The number of thioether (sulfide) groups is 1. The summed E-state index contributed by atoms with van der Waals surface area (Å²) in [6, 6.07) is 12.9. The fraction of sp³-hybridized carbons (Fsp3) is 0.111. The SMILES string of the molecule is COC(=O)c1ccnc(-c2cc(SC)cc(-c3ccccn3)n2)c1. The molecule has 0 spiro atoms. The molecular formula is C18H15N3O2S. The van der Waals surface area contributed by atoms with Crippen LogP contribution in [0.15, 0.2) is 59.8 Å². The third kappa shape index (κ3) is 3.44. The average Bonchev–Trinajstić information content (AvgIpc) is 2.67. The van der Waals surface area contributed by atoms with Crippen molar-refractivity contribution in [3.05, 3.63) is 60.4 Å². The summed E-state index contributed by atoms with van der Waals surface area (Å²) >= 11 is 1.61. The Morgan fingerprint density at radius 3 is 2.38 bits per heavy atom. The molecule has 0 amide bonds. The second-order valence-electron chi connectivity index (χ2n) is 4.91. The number of rotatable bonds is 4. The van der Waals surface area contributed by atoms with Crippen molar-refractivity contribution in [2.45, 2.75) is 4.90 Å². The molecule has 24 heavy (non-hydrogen) atoms. The van der Waals surface area contributed by atoms with Gasteiger partial charge in [-0.15, -0.1) is 11.8 Å². The van der Waals surface area contributed by atoms with Crippen LogP contribution in [0, 0.1) is 0 Å². The minimum atomic E-state index is -0.398. The molecule has 0 saturated carbocycles. The number of pyridine rings is 3. The van der Waals surface area contributed by atoms with Crippen LogP contribution in [-0.2, 0) is 4.74 Å². The van der Waals surface area contributed by atoms with Gasteiger partial charge >= 0.3 is 5.97 Å².